The molecule has 1 atom stereocenters. The number of allylic oxidation sites excluding steroid dienone is 1. The molecular formula is C20H24N6O3S. The van der Waals surface area contributed by atoms with Gasteiger partial charge in [0.05, 0.1) is 42.0 Å². The molecule has 3 aromatic rings. The third-order valence-electron chi connectivity index (χ3n) is 5.81. The molecular weight excluding hydrogens is 404 g/mol. The molecule has 0 unspecified atom stereocenters. The van der Waals surface area contributed by atoms with Gasteiger partial charge in [0.15, 0.2) is 9.84 Å². The number of morpholine rings is 1. The van der Waals surface area contributed by atoms with Gasteiger partial charge in [-0.05, 0) is 31.1 Å². The SMILES string of the molecule is C[C@@H]1COCCN1c1cc(C2=CCS(=O)(=O)CC2)c2c(n1)c(-c1ccn[nH]1)nn2C. The fourth-order valence-corrected chi connectivity index (χ4v) is 5.37. The van der Waals surface area contributed by atoms with Gasteiger partial charge in [0.1, 0.15) is 17.0 Å². The molecule has 0 amide bonds. The summed E-state index contributed by atoms with van der Waals surface area (Å²) in [6, 6.07) is 4.15. The third kappa shape index (κ3) is 3.29. The van der Waals surface area contributed by atoms with Crippen LogP contribution in [0, 0.1) is 0 Å². The number of aromatic nitrogens is 5. The summed E-state index contributed by atoms with van der Waals surface area (Å²) in [6.07, 6.45) is 4.02. The number of aromatic amines is 1. The molecule has 30 heavy (non-hydrogen) atoms. The van der Waals surface area contributed by atoms with Crippen molar-refractivity contribution in [2.45, 2.75) is 19.4 Å². The number of anilines is 1. The number of ether oxygens (including phenoxy) is 1. The summed E-state index contributed by atoms with van der Waals surface area (Å²) in [7, 11) is -1.12. The lowest BCUT2D eigenvalue weighted by Gasteiger charge is -2.34. The first-order chi connectivity index (χ1) is 14.4. The summed E-state index contributed by atoms with van der Waals surface area (Å²) >= 11 is 0. The van der Waals surface area contributed by atoms with Gasteiger partial charge in [0.2, 0.25) is 0 Å². The van der Waals surface area contributed by atoms with Crippen LogP contribution in [0.25, 0.3) is 28.0 Å². The molecule has 2 aliphatic heterocycles. The quantitative estimate of drug-likeness (QED) is 0.678. The number of sulfone groups is 1. The Morgan fingerprint density at radius 3 is 2.90 bits per heavy atom. The van der Waals surface area contributed by atoms with E-state index in [-0.39, 0.29) is 17.5 Å². The average molecular weight is 429 g/mol. The van der Waals surface area contributed by atoms with Crippen LogP contribution in [0.1, 0.15) is 18.9 Å². The lowest BCUT2D eigenvalue weighted by molar-refractivity contribution is 0.0985. The van der Waals surface area contributed by atoms with Gasteiger partial charge in [-0.15, -0.1) is 0 Å². The Morgan fingerprint density at radius 1 is 1.33 bits per heavy atom. The van der Waals surface area contributed by atoms with E-state index in [2.05, 4.69) is 28.1 Å². The number of hydrogen-bond acceptors (Lipinski definition) is 7. The van der Waals surface area contributed by atoms with Crippen LogP contribution in [0.3, 0.4) is 0 Å². The molecule has 9 nitrogen and oxygen atoms in total. The second kappa shape index (κ2) is 7.21. The van der Waals surface area contributed by atoms with Crippen molar-refractivity contribution >= 4 is 32.3 Å². The molecule has 5 rings (SSSR count). The maximum absolute atomic E-state index is 12.0. The molecule has 2 aliphatic rings. The Morgan fingerprint density at radius 2 is 2.20 bits per heavy atom. The predicted molar refractivity (Wildman–Crippen MR) is 115 cm³/mol. The van der Waals surface area contributed by atoms with Crippen LogP contribution in [0.2, 0.25) is 0 Å². The molecule has 0 saturated carbocycles. The monoisotopic (exact) mass is 428 g/mol. The average Bonchev–Trinajstić information content (AvgIpc) is 3.36. The van der Waals surface area contributed by atoms with Crippen molar-refractivity contribution in [3.05, 3.63) is 30.0 Å². The van der Waals surface area contributed by atoms with E-state index in [1.807, 2.05) is 23.9 Å². The number of pyridine rings is 1. The molecule has 1 N–H and O–H groups in total. The smallest absolute Gasteiger partial charge is 0.154 e. The molecule has 0 spiro atoms. The zero-order chi connectivity index (χ0) is 20.9. The summed E-state index contributed by atoms with van der Waals surface area (Å²) in [4.78, 5) is 7.25. The van der Waals surface area contributed by atoms with Crippen LogP contribution >= 0.6 is 0 Å². The van der Waals surface area contributed by atoms with E-state index in [4.69, 9.17) is 14.8 Å². The molecule has 0 aliphatic carbocycles. The van der Waals surface area contributed by atoms with Gasteiger partial charge in [0.25, 0.3) is 0 Å². The summed E-state index contributed by atoms with van der Waals surface area (Å²) in [5.74, 6) is 1.09. The van der Waals surface area contributed by atoms with Gasteiger partial charge in [-0.25, -0.2) is 13.4 Å². The van der Waals surface area contributed by atoms with Crippen molar-refractivity contribution in [3.8, 4) is 11.4 Å². The fraction of sp³-hybridized carbons (Fsp3) is 0.450. The molecule has 5 heterocycles. The summed E-state index contributed by atoms with van der Waals surface area (Å²) in [5, 5.41) is 11.8. The van der Waals surface area contributed by atoms with E-state index in [1.54, 1.807) is 6.20 Å². The maximum atomic E-state index is 12.0. The van der Waals surface area contributed by atoms with Crippen molar-refractivity contribution in [3.63, 3.8) is 0 Å². The van der Waals surface area contributed by atoms with Crippen molar-refractivity contribution < 1.29 is 13.2 Å². The highest BCUT2D eigenvalue weighted by molar-refractivity contribution is 7.91. The van der Waals surface area contributed by atoms with Crippen LogP contribution in [0.4, 0.5) is 5.82 Å². The standard InChI is InChI=1S/C20H24N6O3S/c1-13-12-29-8-7-26(13)17-11-15(14-4-9-30(27,28)10-5-14)20-19(22-17)18(24-25(20)2)16-3-6-21-23-16/h3-4,6,11,13H,5,7-10,12H2,1-2H3,(H,21,23)/t13-/m1/s1. The predicted octanol–water partition coefficient (Wildman–Crippen LogP) is 1.79. The highest BCUT2D eigenvalue weighted by Gasteiger charge is 2.27. The number of rotatable bonds is 3. The van der Waals surface area contributed by atoms with Crippen molar-refractivity contribution in [2.75, 3.05) is 36.2 Å². The van der Waals surface area contributed by atoms with Crippen LogP contribution in [0.5, 0.6) is 0 Å². The molecule has 0 bridgehead atoms. The molecule has 1 saturated heterocycles. The topological polar surface area (TPSA) is 106 Å². The van der Waals surface area contributed by atoms with Crippen LogP contribution in [0.15, 0.2) is 24.4 Å². The van der Waals surface area contributed by atoms with Crippen LogP contribution in [-0.4, -0.2) is 70.7 Å². The van der Waals surface area contributed by atoms with E-state index in [0.29, 0.717) is 19.6 Å². The van der Waals surface area contributed by atoms with E-state index >= 15 is 0 Å². The highest BCUT2D eigenvalue weighted by atomic mass is 32.2. The molecule has 10 heteroatoms. The van der Waals surface area contributed by atoms with Gasteiger partial charge in [-0.3, -0.25) is 9.78 Å². The normalized spacial score (nSPS) is 21.7. The lowest BCUT2D eigenvalue weighted by atomic mass is 10.0. The van der Waals surface area contributed by atoms with Crippen LogP contribution in [-0.2, 0) is 21.6 Å². The van der Waals surface area contributed by atoms with Gasteiger partial charge in [0, 0.05) is 25.4 Å². The molecule has 0 radical (unpaired) electrons. The minimum absolute atomic E-state index is 0.0701. The number of aryl methyl sites for hydroxylation is 1. The fourth-order valence-electron chi connectivity index (χ4n) is 4.22. The zero-order valence-corrected chi connectivity index (χ0v) is 17.8. The summed E-state index contributed by atoms with van der Waals surface area (Å²) in [6.45, 7) is 4.18. The Kier molecular flexibility index (Phi) is 4.62. The number of H-pyrrole nitrogens is 1. The second-order valence-electron chi connectivity index (χ2n) is 7.88. The molecule has 0 aromatic carbocycles. The minimum Gasteiger partial charge on any atom is -0.377 e. The highest BCUT2D eigenvalue weighted by Crippen LogP contribution is 2.36. The zero-order valence-electron chi connectivity index (χ0n) is 17.0. The number of nitrogens with one attached hydrogen (secondary N) is 1. The van der Waals surface area contributed by atoms with E-state index in [1.165, 1.54) is 0 Å². The first kappa shape index (κ1) is 19.3. The molecule has 3 aromatic heterocycles. The van der Waals surface area contributed by atoms with Crippen molar-refractivity contribution in [1.82, 2.24) is 25.0 Å². The summed E-state index contributed by atoms with van der Waals surface area (Å²) < 4.78 is 31.4. The van der Waals surface area contributed by atoms with Gasteiger partial charge in [-0.2, -0.15) is 10.2 Å². The first-order valence-corrected chi connectivity index (χ1v) is 11.9. The van der Waals surface area contributed by atoms with Crippen LogP contribution < -0.4 is 4.90 Å². The Balaban J connectivity index is 1.74. The number of fused-ring (bicyclic) bond motifs is 1. The second-order valence-corrected chi connectivity index (χ2v) is 10.1. The molecule has 158 valence electrons. The Hall–Kier alpha value is -2.72. The van der Waals surface area contributed by atoms with E-state index in [9.17, 15) is 8.42 Å². The number of nitrogens with zero attached hydrogens (tertiary/aromatic N) is 5. The van der Waals surface area contributed by atoms with Gasteiger partial charge < -0.3 is 9.64 Å². The number of hydrogen-bond donors (Lipinski definition) is 1. The minimum atomic E-state index is -3.01. The van der Waals surface area contributed by atoms with Crippen molar-refractivity contribution in [2.24, 2.45) is 7.05 Å². The first-order valence-electron chi connectivity index (χ1n) is 10.0. The maximum Gasteiger partial charge on any atom is 0.154 e. The van der Waals surface area contributed by atoms with Crippen molar-refractivity contribution in [1.29, 1.82) is 0 Å². The largest absolute Gasteiger partial charge is 0.377 e. The summed E-state index contributed by atoms with van der Waals surface area (Å²) in [5.41, 5.74) is 5.23. The Labute approximate surface area is 174 Å². The molecule has 1 fully saturated rings. The van der Waals surface area contributed by atoms with E-state index in [0.717, 1.165) is 45.9 Å². The Bertz CT molecular complexity index is 1230. The van der Waals surface area contributed by atoms with Gasteiger partial charge >= 0.3 is 0 Å². The lowest BCUT2D eigenvalue weighted by Crippen LogP contribution is -2.44. The van der Waals surface area contributed by atoms with Gasteiger partial charge in [-0.1, -0.05) is 6.08 Å². The van der Waals surface area contributed by atoms with E-state index < -0.39 is 9.84 Å². The third-order valence-corrected chi connectivity index (χ3v) is 7.31.